The molecule has 1 saturated carbocycles. The van der Waals surface area contributed by atoms with Crippen LogP contribution in [0.2, 0.25) is 0 Å². The van der Waals surface area contributed by atoms with Gasteiger partial charge in [-0.3, -0.25) is 9.59 Å². The van der Waals surface area contributed by atoms with Crippen LogP contribution in [-0.2, 0) is 16.1 Å². The van der Waals surface area contributed by atoms with Gasteiger partial charge in [-0.25, -0.2) is 8.78 Å². The minimum absolute atomic E-state index is 0.0307. The normalized spacial score (nSPS) is 15.2. The maximum Gasteiger partial charge on any atom is 0.261 e. The van der Waals surface area contributed by atoms with E-state index in [2.05, 4.69) is 5.32 Å². The van der Waals surface area contributed by atoms with Crippen molar-refractivity contribution in [3.05, 3.63) is 65.7 Å². The summed E-state index contributed by atoms with van der Waals surface area (Å²) in [5.74, 6) is -1.68. The number of carbonyl (C=O) groups is 2. The number of benzene rings is 2. The third-order valence-electron chi connectivity index (χ3n) is 5.57. The Morgan fingerprint density at radius 3 is 2.42 bits per heavy atom. The van der Waals surface area contributed by atoms with Gasteiger partial charge in [0.05, 0.1) is 0 Å². The molecule has 0 aromatic heterocycles. The maximum atomic E-state index is 13.8. The SMILES string of the molecule is CC(C(=O)NC1CCCCC1)N(Cc1ccc(F)cc1)C(=O)COc1ccccc1F. The minimum atomic E-state index is -0.760. The molecular formula is C24H28F2N2O3. The molecule has 0 bridgehead atoms. The fourth-order valence-corrected chi connectivity index (χ4v) is 3.72. The number of nitrogens with one attached hydrogen (secondary N) is 1. The zero-order valence-electron chi connectivity index (χ0n) is 17.7. The lowest BCUT2D eigenvalue weighted by Crippen LogP contribution is -2.51. The molecule has 0 spiro atoms. The highest BCUT2D eigenvalue weighted by atomic mass is 19.1. The Hall–Kier alpha value is -2.96. The summed E-state index contributed by atoms with van der Waals surface area (Å²) in [5, 5.41) is 3.04. The average molecular weight is 430 g/mol. The van der Waals surface area contributed by atoms with E-state index >= 15 is 0 Å². The summed E-state index contributed by atoms with van der Waals surface area (Å²) in [6, 6.07) is 10.9. The number of amides is 2. The number of rotatable bonds is 8. The predicted molar refractivity (Wildman–Crippen MR) is 113 cm³/mol. The number of halogens is 2. The van der Waals surface area contributed by atoms with Crippen molar-refractivity contribution in [1.29, 1.82) is 0 Å². The van der Waals surface area contributed by atoms with Crippen LogP contribution in [0.25, 0.3) is 0 Å². The largest absolute Gasteiger partial charge is 0.481 e. The second-order valence-electron chi connectivity index (χ2n) is 7.89. The Kier molecular flexibility index (Phi) is 7.98. The van der Waals surface area contributed by atoms with Crippen molar-refractivity contribution >= 4 is 11.8 Å². The van der Waals surface area contributed by atoms with Crippen LogP contribution < -0.4 is 10.1 Å². The lowest BCUT2D eigenvalue weighted by molar-refractivity contribution is -0.142. The van der Waals surface area contributed by atoms with E-state index in [-0.39, 0.29) is 30.1 Å². The summed E-state index contributed by atoms with van der Waals surface area (Å²) in [6.07, 6.45) is 5.19. The van der Waals surface area contributed by atoms with Gasteiger partial charge >= 0.3 is 0 Å². The van der Waals surface area contributed by atoms with Gasteiger partial charge in [-0.1, -0.05) is 43.5 Å². The van der Waals surface area contributed by atoms with Crippen LogP contribution in [-0.4, -0.2) is 35.4 Å². The van der Waals surface area contributed by atoms with E-state index in [1.807, 2.05) is 0 Å². The quantitative estimate of drug-likeness (QED) is 0.683. The molecule has 31 heavy (non-hydrogen) atoms. The van der Waals surface area contributed by atoms with Crippen LogP contribution >= 0.6 is 0 Å². The van der Waals surface area contributed by atoms with Crippen molar-refractivity contribution in [2.75, 3.05) is 6.61 Å². The number of carbonyl (C=O) groups excluding carboxylic acids is 2. The summed E-state index contributed by atoms with van der Waals surface area (Å²) in [4.78, 5) is 27.2. The molecule has 0 aliphatic heterocycles. The van der Waals surface area contributed by atoms with Crippen molar-refractivity contribution in [3.63, 3.8) is 0 Å². The molecule has 0 saturated heterocycles. The Morgan fingerprint density at radius 1 is 1.06 bits per heavy atom. The smallest absolute Gasteiger partial charge is 0.261 e. The van der Waals surface area contributed by atoms with E-state index in [4.69, 9.17) is 4.74 Å². The minimum Gasteiger partial charge on any atom is -0.481 e. The van der Waals surface area contributed by atoms with Crippen LogP contribution in [0, 0.1) is 11.6 Å². The van der Waals surface area contributed by atoms with E-state index in [1.54, 1.807) is 25.1 Å². The van der Waals surface area contributed by atoms with E-state index in [0.717, 1.165) is 25.7 Å². The molecule has 166 valence electrons. The lowest BCUT2D eigenvalue weighted by atomic mass is 9.95. The topological polar surface area (TPSA) is 58.6 Å². The van der Waals surface area contributed by atoms with Gasteiger partial charge in [0.2, 0.25) is 5.91 Å². The first kappa shape index (κ1) is 22.7. The van der Waals surface area contributed by atoms with E-state index in [9.17, 15) is 18.4 Å². The van der Waals surface area contributed by atoms with Crippen molar-refractivity contribution in [2.45, 2.75) is 57.7 Å². The first-order chi connectivity index (χ1) is 14.9. The Bertz CT molecular complexity index is 883. The van der Waals surface area contributed by atoms with Gasteiger partial charge in [0.1, 0.15) is 11.9 Å². The molecule has 2 aromatic carbocycles. The molecule has 0 heterocycles. The zero-order chi connectivity index (χ0) is 22.2. The van der Waals surface area contributed by atoms with Crippen LogP contribution in [0.3, 0.4) is 0 Å². The van der Waals surface area contributed by atoms with Crippen molar-refractivity contribution in [3.8, 4) is 5.75 Å². The highest BCUT2D eigenvalue weighted by molar-refractivity contribution is 5.88. The Morgan fingerprint density at radius 2 is 1.74 bits per heavy atom. The van der Waals surface area contributed by atoms with Crippen LogP contribution in [0.4, 0.5) is 8.78 Å². The standard InChI is InChI=1S/C24H28F2N2O3/c1-17(24(30)27-20-7-3-2-4-8-20)28(15-18-11-13-19(25)14-12-18)23(29)16-31-22-10-6-5-9-21(22)26/h5-6,9-14,17,20H,2-4,7-8,15-16H2,1H3,(H,27,30). The van der Waals surface area contributed by atoms with Gasteiger partial charge in [0, 0.05) is 12.6 Å². The summed E-state index contributed by atoms with van der Waals surface area (Å²) in [7, 11) is 0. The van der Waals surface area contributed by atoms with Crippen molar-refractivity contribution in [2.24, 2.45) is 0 Å². The third kappa shape index (κ3) is 6.51. The van der Waals surface area contributed by atoms with Gasteiger partial charge in [-0.15, -0.1) is 0 Å². The molecule has 1 fully saturated rings. The molecule has 0 radical (unpaired) electrons. The fourth-order valence-electron chi connectivity index (χ4n) is 3.72. The van der Waals surface area contributed by atoms with Crippen molar-refractivity contribution in [1.82, 2.24) is 10.2 Å². The van der Waals surface area contributed by atoms with E-state index in [0.29, 0.717) is 5.56 Å². The van der Waals surface area contributed by atoms with E-state index < -0.39 is 24.4 Å². The molecule has 3 rings (SSSR count). The molecule has 1 unspecified atom stereocenters. The molecular weight excluding hydrogens is 402 g/mol. The number of ether oxygens (including phenoxy) is 1. The summed E-state index contributed by atoms with van der Waals surface area (Å²) in [5.41, 5.74) is 0.679. The second kappa shape index (κ2) is 10.9. The van der Waals surface area contributed by atoms with Crippen molar-refractivity contribution < 1.29 is 23.1 Å². The Labute approximate surface area is 181 Å². The van der Waals surface area contributed by atoms with Crippen LogP contribution in [0.1, 0.15) is 44.6 Å². The molecule has 1 aliphatic carbocycles. The molecule has 1 atom stereocenters. The van der Waals surface area contributed by atoms with Gasteiger partial charge in [0.15, 0.2) is 18.2 Å². The second-order valence-corrected chi connectivity index (χ2v) is 7.89. The molecule has 1 aliphatic rings. The summed E-state index contributed by atoms with van der Waals surface area (Å²) < 4.78 is 32.5. The van der Waals surface area contributed by atoms with E-state index in [1.165, 1.54) is 41.7 Å². The summed E-state index contributed by atoms with van der Waals surface area (Å²) >= 11 is 0. The fraction of sp³-hybridized carbons (Fsp3) is 0.417. The monoisotopic (exact) mass is 430 g/mol. The molecule has 2 aromatic rings. The number of nitrogens with zero attached hydrogens (tertiary/aromatic N) is 1. The summed E-state index contributed by atoms with van der Waals surface area (Å²) in [6.45, 7) is 1.35. The first-order valence-corrected chi connectivity index (χ1v) is 10.7. The maximum absolute atomic E-state index is 13.8. The van der Waals surface area contributed by atoms with Gasteiger partial charge in [-0.2, -0.15) is 0 Å². The van der Waals surface area contributed by atoms with Crippen LogP contribution in [0.15, 0.2) is 48.5 Å². The highest BCUT2D eigenvalue weighted by Gasteiger charge is 2.28. The first-order valence-electron chi connectivity index (χ1n) is 10.7. The third-order valence-corrected chi connectivity index (χ3v) is 5.57. The Balaban J connectivity index is 1.70. The lowest BCUT2D eigenvalue weighted by Gasteiger charge is -2.31. The highest BCUT2D eigenvalue weighted by Crippen LogP contribution is 2.19. The van der Waals surface area contributed by atoms with Crippen LogP contribution in [0.5, 0.6) is 5.75 Å². The van der Waals surface area contributed by atoms with Gasteiger partial charge < -0.3 is 15.0 Å². The molecule has 2 amide bonds. The zero-order valence-corrected chi connectivity index (χ0v) is 17.7. The number of hydrogen-bond acceptors (Lipinski definition) is 3. The van der Waals surface area contributed by atoms with Gasteiger partial charge in [0.25, 0.3) is 5.91 Å². The molecule has 5 nitrogen and oxygen atoms in total. The predicted octanol–water partition coefficient (Wildman–Crippen LogP) is 4.21. The molecule has 1 N–H and O–H groups in total. The number of hydrogen-bond donors (Lipinski definition) is 1. The van der Waals surface area contributed by atoms with Gasteiger partial charge in [-0.05, 0) is 49.6 Å². The molecule has 7 heteroatoms. The number of para-hydroxylation sites is 1. The average Bonchev–Trinajstić information content (AvgIpc) is 2.78.